The molecular formula is C22H21N3O5. The first-order valence-electron chi connectivity index (χ1n) is 9.57. The summed E-state index contributed by atoms with van der Waals surface area (Å²) in [5.41, 5.74) is 2.36. The Morgan fingerprint density at radius 1 is 1.20 bits per heavy atom. The van der Waals surface area contributed by atoms with Gasteiger partial charge in [0.15, 0.2) is 17.1 Å². The monoisotopic (exact) mass is 407 g/mol. The smallest absolute Gasteiger partial charge is 0.343 e. The fourth-order valence-corrected chi connectivity index (χ4v) is 3.45. The van der Waals surface area contributed by atoms with Gasteiger partial charge in [0.05, 0.1) is 7.11 Å². The predicted octanol–water partition coefficient (Wildman–Crippen LogP) is 3.79. The van der Waals surface area contributed by atoms with Gasteiger partial charge in [0.2, 0.25) is 5.91 Å². The number of hydrogen-bond acceptors (Lipinski definition) is 6. The number of hydrogen-bond donors (Lipinski definition) is 2. The summed E-state index contributed by atoms with van der Waals surface area (Å²) in [6.07, 6.45) is 1.47. The van der Waals surface area contributed by atoms with Crippen molar-refractivity contribution in [2.75, 3.05) is 23.9 Å². The third-order valence-corrected chi connectivity index (χ3v) is 5.04. The van der Waals surface area contributed by atoms with Crippen LogP contribution >= 0.6 is 0 Å². The van der Waals surface area contributed by atoms with Crippen molar-refractivity contribution >= 4 is 23.4 Å². The number of aromatic nitrogens is 1. The second-order valence-corrected chi connectivity index (χ2v) is 6.94. The molecule has 0 unspecified atom stereocenters. The van der Waals surface area contributed by atoms with Crippen LogP contribution in [-0.4, -0.2) is 35.8 Å². The molecule has 0 bridgehead atoms. The number of anilines is 2. The second-order valence-electron chi connectivity index (χ2n) is 6.94. The Balaban J connectivity index is 1.50. The first-order chi connectivity index (χ1) is 14.6. The molecule has 4 rings (SSSR count). The normalized spacial score (nSPS) is 13.5. The van der Waals surface area contributed by atoms with E-state index in [2.05, 4.69) is 10.5 Å². The third kappa shape index (κ3) is 3.84. The maximum absolute atomic E-state index is 11.9. The van der Waals surface area contributed by atoms with E-state index in [1.165, 1.54) is 0 Å². The van der Waals surface area contributed by atoms with Gasteiger partial charge in [-0.15, -0.1) is 0 Å². The molecule has 3 aromatic rings. The van der Waals surface area contributed by atoms with Crippen LogP contribution in [-0.2, 0) is 11.3 Å². The molecule has 2 heterocycles. The summed E-state index contributed by atoms with van der Waals surface area (Å²) < 4.78 is 10.5. The number of benzene rings is 2. The standard InChI is InChI=1S/C22H21N3O5/c1-29-17-10-6-15(7-11-17)20-19(22(27)28)21(24-30-20)23-13-14-4-8-16(9-5-14)25-12-2-3-18(25)26/h4-11H,2-3,12-13H2,1H3,(H,23,24)(H,27,28). The maximum atomic E-state index is 11.9. The number of amides is 1. The van der Waals surface area contributed by atoms with Crippen LogP contribution in [0.15, 0.2) is 53.1 Å². The molecule has 8 heteroatoms. The molecule has 1 amide bonds. The van der Waals surface area contributed by atoms with Crippen molar-refractivity contribution in [3.05, 3.63) is 59.7 Å². The molecule has 1 aliphatic heterocycles. The summed E-state index contributed by atoms with van der Waals surface area (Å²) in [5, 5.41) is 16.6. The molecule has 30 heavy (non-hydrogen) atoms. The average Bonchev–Trinajstić information content (AvgIpc) is 3.39. The molecule has 0 aliphatic carbocycles. The molecule has 2 N–H and O–H groups in total. The zero-order valence-electron chi connectivity index (χ0n) is 16.4. The summed E-state index contributed by atoms with van der Waals surface area (Å²) in [4.78, 5) is 25.5. The van der Waals surface area contributed by atoms with Crippen molar-refractivity contribution in [2.24, 2.45) is 0 Å². The van der Waals surface area contributed by atoms with Gasteiger partial charge in [-0.2, -0.15) is 0 Å². The van der Waals surface area contributed by atoms with Crippen LogP contribution in [0.2, 0.25) is 0 Å². The number of nitrogens with zero attached hydrogens (tertiary/aromatic N) is 2. The number of nitrogens with one attached hydrogen (secondary N) is 1. The molecule has 1 aromatic heterocycles. The molecule has 0 radical (unpaired) electrons. The van der Waals surface area contributed by atoms with Gasteiger partial charge in [-0.05, 0) is 48.4 Å². The van der Waals surface area contributed by atoms with Crippen molar-refractivity contribution in [1.29, 1.82) is 0 Å². The fraction of sp³-hybridized carbons (Fsp3) is 0.227. The Morgan fingerprint density at radius 2 is 1.93 bits per heavy atom. The zero-order valence-corrected chi connectivity index (χ0v) is 16.4. The number of methoxy groups -OCH3 is 1. The summed E-state index contributed by atoms with van der Waals surface area (Å²) in [7, 11) is 1.56. The Hall–Kier alpha value is -3.81. The van der Waals surface area contributed by atoms with Crippen LogP contribution in [0.3, 0.4) is 0 Å². The Bertz CT molecular complexity index is 1060. The summed E-state index contributed by atoms with van der Waals surface area (Å²) in [6.45, 7) is 1.11. The molecule has 8 nitrogen and oxygen atoms in total. The Morgan fingerprint density at radius 3 is 2.53 bits per heavy atom. The predicted molar refractivity (Wildman–Crippen MR) is 111 cm³/mol. The van der Waals surface area contributed by atoms with Crippen molar-refractivity contribution in [3.8, 4) is 17.1 Å². The highest BCUT2D eigenvalue weighted by Gasteiger charge is 2.24. The minimum Gasteiger partial charge on any atom is -0.497 e. The highest BCUT2D eigenvalue weighted by atomic mass is 16.5. The van der Waals surface area contributed by atoms with E-state index < -0.39 is 5.97 Å². The lowest BCUT2D eigenvalue weighted by Crippen LogP contribution is -2.23. The Kier molecular flexibility index (Phi) is 5.38. The van der Waals surface area contributed by atoms with Gasteiger partial charge in [-0.25, -0.2) is 4.79 Å². The lowest BCUT2D eigenvalue weighted by molar-refractivity contribution is -0.117. The van der Waals surface area contributed by atoms with E-state index in [0.717, 1.165) is 24.2 Å². The topological polar surface area (TPSA) is 105 Å². The highest BCUT2D eigenvalue weighted by Crippen LogP contribution is 2.31. The summed E-state index contributed by atoms with van der Waals surface area (Å²) >= 11 is 0. The lowest BCUT2D eigenvalue weighted by atomic mass is 10.1. The molecule has 154 valence electrons. The van der Waals surface area contributed by atoms with Crippen molar-refractivity contribution in [3.63, 3.8) is 0 Å². The van der Waals surface area contributed by atoms with Gasteiger partial charge in [-0.3, -0.25) is 4.79 Å². The molecule has 0 spiro atoms. The minimum absolute atomic E-state index is 0.0283. The van der Waals surface area contributed by atoms with E-state index in [0.29, 0.717) is 24.3 Å². The van der Waals surface area contributed by atoms with E-state index in [9.17, 15) is 14.7 Å². The average molecular weight is 407 g/mol. The molecular weight excluding hydrogens is 386 g/mol. The van der Waals surface area contributed by atoms with Crippen LogP contribution < -0.4 is 15.0 Å². The third-order valence-electron chi connectivity index (χ3n) is 5.04. The van der Waals surface area contributed by atoms with E-state index in [1.54, 1.807) is 36.3 Å². The van der Waals surface area contributed by atoms with Crippen LogP contribution in [0.5, 0.6) is 5.75 Å². The number of carbonyl (C=O) groups excluding carboxylic acids is 1. The largest absolute Gasteiger partial charge is 0.497 e. The van der Waals surface area contributed by atoms with Gasteiger partial charge in [-0.1, -0.05) is 17.3 Å². The maximum Gasteiger partial charge on any atom is 0.343 e. The summed E-state index contributed by atoms with van der Waals surface area (Å²) in [6, 6.07) is 14.5. The number of carboxylic acid groups (broad SMARTS) is 1. The molecule has 2 aromatic carbocycles. The van der Waals surface area contributed by atoms with Crippen LogP contribution in [0.4, 0.5) is 11.5 Å². The number of ether oxygens (including phenoxy) is 1. The van der Waals surface area contributed by atoms with Crippen LogP contribution in [0.25, 0.3) is 11.3 Å². The van der Waals surface area contributed by atoms with Crippen LogP contribution in [0, 0.1) is 0 Å². The minimum atomic E-state index is -1.13. The molecule has 1 fully saturated rings. The quantitative estimate of drug-likeness (QED) is 0.614. The number of carboxylic acids is 1. The van der Waals surface area contributed by atoms with Crippen molar-refractivity contribution < 1.29 is 24.0 Å². The van der Waals surface area contributed by atoms with Crippen molar-refractivity contribution in [2.45, 2.75) is 19.4 Å². The highest BCUT2D eigenvalue weighted by molar-refractivity contribution is 5.99. The van der Waals surface area contributed by atoms with Gasteiger partial charge >= 0.3 is 5.97 Å². The molecule has 1 aliphatic rings. The SMILES string of the molecule is COc1ccc(-c2onc(NCc3ccc(N4CCCC4=O)cc3)c2C(=O)O)cc1. The van der Waals surface area contributed by atoms with Crippen molar-refractivity contribution in [1.82, 2.24) is 5.16 Å². The number of carbonyl (C=O) groups is 2. The first kappa shape index (κ1) is 19.5. The van der Waals surface area contributed by atoms with Crippen LogP contribution in [0.1, 0.15) is 28.8 Å². The van der Waals surface area contributed by atoms with Gasteiger partial charge in [0, 0.05) is 30.8 Å². The second kappa shape index (κ2) is 8.28. The zero-order chi connectivity index (χ0) is 21.1. The molecule has 0 saturated carbocycles. The number of aromatic carboxylic acids is 1. The van der Waals surface area contributed by atoms with E-state index in [-0.39, 0.29) is 23.0 Å². The fourth-order valence-electron chi connectivity index (χ4n) is 3.45. The van der Waals surface area contributed by atoms with Gasteiger partial charge in [0.1, 0.15) is 5.75 Å². The Labute approximate surface area is 173 Å². The lowest BCUT2D eigenvalue weighted by Gasteiger charge is -2.16. The first-order valence-corrected chi connectivity index (χ1v) is 9.57. The molecule has 1 saturated heterocycles. The summed E-state index contributed by atoms with van der Waals surface area (Å²) in [5.74, 6) is 0.00308. The van der Waals surface area contributed by atoms with Gasteiger partial charge < -0.3 is 24.6 Å². The molecule has 0 atom stereocenters. The number of rotatable bonds is 7. The van der Waals surface area contributed by atoms with Gasteiger partial charge in [0.25, 0.3) is 0 Å². The van der Waals surface area contributed by atoms with E-state index in [4.69, 9.17) is 9.26 Å². The van der Waals surface area contributed by atoms with E-state index >= 15 is 0 Å². The van der Waals surface area contributed by atoms with E-state index in [1.807, 2.05) is 24.3 Å².